The molecule has 0 atom stereocenters. The van der Waals surface area contributed by atoms with E-state index in [1.807, 2.05) is 6.92 Å². The molecule has 2 N–H and O–H groups in total. The van der Waals surface area contributed by atoms with Crippen molar-refractivity contribution in [2.75, 3.05) is 11.9 Å². The molecule has 9 heteroatoms. The molecule has 0 bridgehead atoms. The van der Waals surface area contributed by atoms with Crippen molar-refractivity contribution in [2.24, 2.45) is 4.99 Å². The molecule has 144 valence electrons. The number of carbonyl (C=O) groups is 1. The predicted molar refractivity (Wildman–Crippen MR) is 103 cm³/mol. The van der Waals surface area contributed by atoms with Gasteiger partial charge in [0.1, 0.15) is 5.84 Å². The van der Waals surface area contributed by atoms with Gasteiger partial charge in [-0.2, -0.15) is 5.10 Å². The highest BCUT2D eigenvalue weighted by molar-refractivity contribution is 7.90. The molecule has 0 saturated carbocycles. The smallest absolute Gasteiger partial charge is 0.262 e. The molecule has 0 spiro atoms. The third kappa shape index (κ3) is 4.94. The Hall–Kier alpha value is -2.68. The van der Waals surface area contributed by atoms with Crippen molar-refractivity contribution in [3.05, 3.63) is 42.2 Å². The first-order valence-corrected chi connectivity index (χ1v) is 10.5. The summed E-state index contributed by atoms with van der Waals surface area (Å²) in [4.78, 5) is 16.6. The second-order valence-electron chi connectivity index (χ2n) is 6.31. The van der Waals surface area contributed by atoms with Gasteiger partial charge in [-0.05, 0) is 44.0 Å². The predicted octanol–water partition coefficient (Wildman–Crippen LogP) is 2.41. The Morgan fingerprint density at radius 3 is 2.67 bits per heavy atom. The first-order valence-electron chi connectivity index (χ1n) is 8.98. The molecule has 1 aromatic carbocycles. The molecule has 1 aromatic heterocycles. The number of sulfonamides is 1. The van der Waals surface area contributed by atoms with E-state index in [-0.39, 0.29) is 10.8 Å². The van der Waals surface area contributed by atoms with E-state index in [1.165, 1.54) is 18.3 Å². The number of nitrogens with zero attached hydrogens (tertiary/aromatic N) is 3. The quantitative estimate of drug-likeness (QED) is 0.819. The lowest BCUT2D eigenvalue weighted by Gasteiger charge is -2.10. The number of aryl methyl sites for hydroxylation is 1. The fourth-order valence-corrected chi connectivity index (χ4v) is 3.83. The van der Waals surface area contributed by atoms with E-state index in [4.69, 9.17) is 0 Å². The van der Waals surface area contributed by atoms with Gasteiger partial charge in [-0.15, -0.1) is 0 Å². The zero-order valence-electron chi connectivity index (χ0n) is 15.2. The van der Waals surface area contributed by atoms with Crippen LogP contribution in [0.4, 0.5) is 5.69 Å². The SMILES string of the molecule is CCn1cc(C(=O)Nc2ccc(S(=O)(=O)NC3=NCCCCC3)cc2)cn1. The lowest BCUT2D eigenvalue weighted by molar-refractivity contribution is 0.102. The standard InChI is InChI=1S/C18H23N5O3S/c1-2-23-13-14(12-20-23)18(24)21-15-7-9-16(10-8-15)27(25,26)22-17-6-4-3-5-11-19-17/h7-10,12-13H,2-6,11H2,1H3,(H,19,22)(H,21,24). The third-order valence-electron chi connectivity index (χ3n) is 4.27. The van der Waals surface area contributed by atoms with Crippen molar-refractivity contribution in [1.29, 1.82) is 0 Å². The van der Waals surface area contributed by atoms with Crippen molar-refractivity contribution >= 4 is 27.5 Å². The molecule has 1 aliphatic heterocycles. The molecule has 0 radical (unpaired) electrons. The zero-order chi connectivity index (χ0) is 19.3. The summed E-state index contributed by atoms with van der Waals surface area (Å²) >= 11 is 0. The molecular formula is C18H23N5O3S. The Kier molecular flexibility index (Phi) is 5.90. The minimum Gasteiger partial charge on any atom is -0.322 e. The van der Waals surface area contributed by atoms with E-state index in [0.717, 1.165) is 19.3 Å². The Bertz CT molecular complexity index is 932. The number of hydrogen-bond acceptors (Lipinski definition) is 5. The van der Waals surface area contributed by atoms with Crippen LogP contribution in [0, 0.1) is 0 Å². The minimum atomic E-state index is -3.68. The summed E-state index contributed by atoms with van der Waals surface area (Å²) in [5.41, 5.74) is 0.955. The average molecular weight is 389 g/mol. The Labute approximate surface area is 158 Å². The molecule has 1 aliphatic rings. The van der Waals surface area contributed by atoms with Crippen LogP contribution in [0.15, 0.2) is 46.5 Å². The van der Waals surface area contributed by atoms with Gasteiger partial charge in [0, 0.05) is 31.4 Å². The van der Waals surface area contributed by atoms with E-state index < -0.39 is 10.0 Å². The van der Waals surface area contributed by atoms with Gasteiger partial charge in [-0.3, -0.25) is 19.2 Å². The minimum absolute atomic E-state index is 0.131. The zero-order valence-corrected chi connectivity index (χ0v) is 16.0. The number of anilines is 1. The molecule has 0 aliphatic carbocycles. The van der Waals surface area contributed by atoms with E-state index >= 15 is 0 Å². The maximum Gasteiger partial charge on any atom is 0.262 e. The number of rotatable bonds is 5. The Morgan fingerprint density at radius 1 is 1.19 bits per heavy atom. The number of amidine groups is 1. The second kappa shape index (κ2) is 8.34. The fraction of sp³-hybridized carbons (Fsp3) is 0.389. The van der Waals surface area contributed by atoms with Crippen molar-refractivity contribution in [1.82, 2.24) is 14.5 Å². The molecule has 8 nitrogen and oxygen atoms in total. The molecule has 0 unspecified atom stereocenters. The maximum absolute atomic E-state index is 12.5. The van der Waals surface area contributed by atoms with Crippen LogP contribution >= 0.6 is 0 Å². The van der Waals surface area contributed by atoms with Crippen LogP contribution in [-0.2, 0) is 16.6 Å². The Morgan fingerprint density at radius 2 is 1.96 bits per heavy atom. The van der Waals surface area contributed by atoms with Crippen LogP contribution in [-0.4, -0.2) is 36.5 Å². The molecular weight excluding hydrogens is 366 g/mol. The van der Waals surface area contributed by atoms with Gasteiger partial charge in [-0.25, -0.2) is 8.42 Å². The summed E-state index contributed by atoms with van der Waals surface area (Å²) in [6.07, 6.45) is 6.76. The summed E-state index contributed by atoms with van der Waals surface area (Å²) in [7, 11) is -3.68. The van der Waals surface area contributed by atoms with Gasteiger partial charge in [0.15, 0.2) is 0 Å². The summed E-state index contributed by atoms with van der Waals surface area (Å²) in [6.45, 7) is 3.26. The highest BCUT2D eigenvalue weighted by atomic mass is 32.2. The highest BCUT2D eigenvalue weighted by Gasteiger charge is 2.17. The molecule has 1 amide bonds. The average Bonchev–Trinajstić information content (AvgIpc) is 3.00. The van der Waals surface area contributed by atoms with Crippen LogP contribution < -0.4 is 10.0 Å². The van der Waals surface area contributed by atoms with Crippen molar-refractivity contribution < 1.29 is 13.2 Å². The van der Waals surface area contributed by atoms with Gasteiger partial charge in [0.05, 0.1) is 16.7 Å². The molecule has 2 aromatic rings. The van der Waals surface area contributed by atoms with Crippen LogP contribution in [0.1, 0.15) is 43.0 Å². The van der Waals surface area contributed by atoms with Crippen LogP contribution in [0.2, 0.25) is 0 Å². The monoisotopic (exact) mass is 389 g/mol. The maximum atomic E-state index is 12.5. The number of hydrogen-bond donors (Lipinski definition) is 2. The number of aromatic nitrogens is 2. The van der Waals surface area contributed by atoms with Gasteiger partial charge >= 0.3 is 0 Å². The largest absolute Gasteiger partial charge is 0.322 e. The molecule has 2 heterocycles. The molecule has 3 rings (SSSR count). The van der Waals surface area contributed by atoms with E-state index in [2.05, 4.69) is 20.1 Å². The normalized spacial score (nSPS) is 14.9. The summed E-state index contributed by atoms with van der Waals surface area (Å²) < 4.78 is 29.3. The lowest BCUT2D eigenvalue weighted by Crippen LogP contribution is -2.30. The first kappa shape index (κ1) is 19.1. The summed E-state index contributed by atoms with van der Waals surface area (Å²) in [5.74, 6) is 0.217. The lowest BCUT2D eigenvalue weighted by atomic mass is 10.2. The molecule has 0 fully saturated rings. The van der Waals surface area contributed by atoms with Gasteiger partial charge < -0.3 is 5.32 Å². The van der Waals surface area contributed by atoms with E-state index in [9.17, 15) is 13.2 Å². The summed E-state index contributed by atoms with van der Waals surface area (Å²) in [5, 5.41) is 6.80. The van der Waals surface area contributed by atoms with Crippen LogP contribution in [0.25, 0.3) is 0 Å². The molecule has 27 heavy (non-hydrogen) atoms. The summed E-state index contributed by atoms with van der Waals surface area (Å²) in [6, 6.07) is 6.05. The second-order valence-corrected chi connectivity index (χ2v) is 7.99. The third-order valence-corrected chi connectivity index (χ3v) is 5.67. The fourth-order valence-electron chi connectivity index (χ4n) is 2.75. The van der Waals surface area contributed by atoms with E-state index in [0.29, 0.717) is 36.6 Å². The number of nitrogens with one attached hydrogen (secondary N) is 2. The van der Waals surface area contributed by atoms with Gasteiger partial charge in [-0.1, -0.05) is 6.42 Å². The van der Waals surface area contributed by atoms with Crippen LogP contribution in [0.5, 0.6) is 0 Å². The van der Waals surface area contributed by atoms with Gasteiger partial charge in [0.25, 0.3) is 15.9 Å². The van der Waals surface area contributed by atoms with Crippen molar-refractivity contribution in [3.8, 4) is 0 Å². The van der Waals surface area contributed by atoms with E-state index in [1.54, 1.807) is 23.0 Å². The number of benzene rings is 1. The van der Waals surface area contributed by atoms with Crippen molar-refractivity contribution in [2.45, 2.75) is 44.0 Å². The number of amides is 1. The van der Waals surface area contributed by atoms with Crippen molar-refractivity contribution in [3.63, 3.8) is 0 Å². The number of aliphatic imine (C=N–C) groups is 1. The first-order chi connectivity index (χ1) is 13.0. The topological polar surface area (TPSA) is 105 Å². The Balaban J connectivity index is 1.66. The number of carbonyl (C=O) groups excluding carboxylic acids is 1. The van der Waals surface area contributed by atoms with Gasteiger partial charge in [0.2, 0.25) is 0 Å². The molecule has 0 saturated heterocycles. The van der Waals surface area contributed by atoms with Crippen LogP contribution in [0.3, 0.4) is 0 Å². The highest BCUT2D eigenvalue weighted by Crippen LogP contribution is 2.16.